The van der Waals surface area contributed by atoms with Crippen molar-refractivity contribution in [1.29, 1.82) is 0 Å². The lowest BCUT2D eigenvalue weighted by molar-refractivity contribution is 0.0667. The van der Waals surface area contributed by atoms with Crippen molar-refractivity contribution in [3.63, 3.8) is 0 Å². The van der Waals surface area contributed by atoms with Gasteiger partial charge in [0.1, 0.15) is 6.17 Å². The molecule has 0 aromatic rings. The number of ether oxygens (including phenoxy) is 1. The molecule has 0 aromatic heterocycles. The molecule has 0 saturated carbocycles. The molecule has 11 heavy (non-hydrogen) atoms. The van der Waals surface area contributed by atoms with Gasteiger partial charge in [-0.05, 0) is 6.42 Å². The van der Waals surface area contributed by atoms with E-state index in [4.69, 9.17) is 12.5 Å². The molecule has 0 N–H and O–H groups in total. The summed E-state index contributed by atoms with van der Waals surface area (Å²) < 4.78 is 18.5. The van der Waals surface area contributed by atoms with Crippen molar-refractivity contribution < 1.29 is 9.13 Å². The molecule has 1 fully saturated rings. The van der Waals surface area contributed by atoms with E-state index in [1.54, 1.807) is 0 Å². The third-order valence-electron chi connectivity index (χ3n) is 2.33. The predicted molar refractivity (Wildman–Crippen MR) is 44.5 cm³/mol. The van der Waals surface area contributed by atoms with Gasteiger partial charge in [-0.2, -0.15) is 0 Å². The summed E-state index contributed by atoms with van der Waals surface area (Å²) in [5.74, 6) is -0.0233. The molecule has 0 aliphatic carbocycles. The van der Waals surface area contributed by atoms with Gasteiger partial charge in [0, 0.05) is 19.7 Å². The molecule has 59 valence electrons. The van der Waals surface area contributed by atoms with Crippen molar-refractivity contribution >= 4 is 14.9 Å². The van der Waals surface area contributed by atoms with Gasteiger partial charge in [0.05, 0.1) is 13.3 Å². The Labute approximate surface area is 69.3 Å². The third-order valence-corrected chi connectivity index (χ3v) is 2.33. The molecule has 0 amide bonds. The van der Waals surface area contributed by atoms with Crippen LogP contribution in [0.4, 0.5) is 4.39 Å². The predicted octanol–water partition coefficient (Wildman–Crippen LogP) is 0.883. The van der Waals surface area contributed by atoms with Crippen molar-refractivity contribution in [2.45, 2.75) is 38.5 Å². The van der Waals surface area contributed by atoms with E-state index in [1.165, 1.54) is 7.17 Å². The first-order valence-corrected chi connectivity index (χ1v) is 4.05. The van der Waals surface area contributed by atoms with E-state index < -0.39 is 12.2 Å². The van der Waals surface area contributed by atoms with Gasteiger partial charge in [0.15, 0.2) is 0 Å². The minimum atomic E-state index is -0.926. The lowest BCUT2D eigenvalue weighted by Gasteiger charge is -2.11. The maximum atomic E-state index is 13.2. The Bertz CT molecular complexity index is 116. The van der Waals surface area contributed by atoms with E-state index in [0.29, 0.717) is 0 Å². The van der Waals surface area contributed by atoms with Gasteiger partial charge in [-0.1, -0.05) is 13.8 Å². The summed E-state index contributed by atoms with van der Waals surface area (Å²) in [7, 11) is 6.52. The molecule has 0 spiro atoms. The van der Waals surface area contributed by atoms with Gasteiger partial charge >= 0.3 is 0 Å². The summed E-state index contributed by atoms with van der Waals surface area (Å²) in [6.45, 7) is 3.86. The highest BCUT2D eigenvalue weighted by molar-refractivity contribution is 6.90. The first-order valence-electron chi connectivity index (χ1n) is 4.05. The van der Waals surface area contributed by atoms with Crippen LogP contribution in [-0.4, -0.2) is 33.2 Å². The van der Waals surface area contributed by atoms with Crippen LogP contribution in [0.2, 0.25) is 0 Å². The number of alkyl halides is 1. The van der Waals surface area contributed by atoms with E-state index in [2.05, 4.69) is 0 Å². The van der Waals surface area contributed by atoms with E-state index in [1.807, 2.05) is 13.8 Å². The summed E-state index contributed by atoms with van der Waals surface area (Å²) in [6, 6.07) is -0.491. The highest BCUT2D eigenvalue weighted by Gasteiger charge is 2.39. The van der Waals surface area contributed by atoms with Crippen LogP contribution in [0.25, 0.3) is 0 Å². The van der Waals surface area contributed by atoms with Crippen LogP contribution in [0.15, 0.2) is 0 Å². The molecule has 1 aliphatic heterocycles. The van der Waals surface area contributed by atoms with Gasteiger partial charge in [-0.25, -0.2) is 4.39 Å². The fraction of sp³-hybridized carbons (Fsp3) is 1.00. The minimum absolute atomic E-state index is 0.0233. The molecule has 0 bridgehead atoms. The van der Waals surface area contributed by atoms with Crippen LogP contribution in [-0.2, 0) is 4.74 Å². The SMILES string of the molecule is [B][B][C@H]1O[C@@H](CC)[C@H](C)[C@H]1F. The monoisotopic (exact) mass is 153 g/mol. The van der Waals surface area contributed by atoms with Gasteiger partial charge in [0.2, 0.25) is 0 Å². The number of hydrogen-bond donors (Lipinski definition) is 0. The Morgan fingerprint density at radius 3 is 2.55 bits per heavy atom. The van der Waals surface area contributed by atoms with Gasteiger partial charge in [-0.3, -0.25) is 0 Å². The van der Waals surface area contributed by atoms with Crippen molar-refractivity contribution in [2.24, 2.45) is 5.92 Å². The van der Waals surface area contributed by atoms with E-state index in [-0.39, 0.29) is 12.0 Å². The molecule has 1 rings (SSSR count). The van der Waals surface area contributed by atoms with Crippen molar-refractivity contribution in [2.75, 3.05) is 0 Å². The average Bonchev–Trinajstić information content (AvgIpc) is 2.30. The lowest BCUT2D eigenvalue weighted by atomic mass is 9.50. The largest absolute Gasteiger partial charge is 0.381 e. The smallest absolute Gasteiger partial charge is 0.122 e. The topological polar surface area (TPSA) is 9.23 Å². The Balaban J connectivity index is 2.53. The maximum Gasteiger partial charge on any atom is 0.122 e. The maximum absolute atomic E-state index is 13.2. The Hall–Kier alpha value is 0.0199. The van der Waals surface area contributed by atoms with Gasteiger partial charge in [-0.15, -0.1) is 0 Å². The van der Waals surface area contributed by atoms with Crippen molar-refractivity contribution in [3.05, 3.63) is 0 Å². The second-order valence-electron chi connectivity index (χ2n) is 3.04. The molecule has 1 aliphatic rings. The summed E-state index contributed by atoms with van der Waals surface area (Å²) in [6.07, 6.45) is -0.0360. The van der Waals surface area contributed by atoms with E-state index >= 15 is 0 Å². The summed E-state index contributed by atoms with van der Waals surface area (Å²) in [5, 5.41) is 0. The Morgan fingerprint density at radius 1 is 1.64 bits per heavy atom. The van der Waals surface area contributed by atoms with Crippen LogP contribution >= 0.6 is 0 Å². The summed E-state index contributed by atoms with van der Waals surface area (Å²) >= 11 is 0. The molecule has 1 saturated heterocycles. The highest BCUT2D eigenvalue weighted by Crippen LogP contribution is 2.30. The summed E-state index contributed by atoms with van der Waals surface area (Å²) in [4.78, 5) is 0. The lowest BCUT2D eigenvalue weighted by Crippen LogP contribution is -2.27. The standard InChI is InChI=1S/C7H12B2FO/c1-3-5-4(2)6(10)7(9-8)11-5/h4-7H,3H2,1-2H3/t4-,5-,6+,7-/m0/s1. The molecule has 0 unspecified atom stereocenters. The number of rotatable bonds is 2. The summed E-state index contributed by atoms with van der Waals surface area (Å²) in [5.41, 5.74) is 0. The zero-order valence-corrected chi connectivity index (χ0v) is 6.96. The second kappa shape index (κ2) is 3.61. The Kier molecular flexibility index (Phi) is 2.99. The van der Waals surface area contributed by atoms with E-state index in [9.17, 15) is 4.39 Å². The Morgan fingerprint density at radius 2 is 2.27 bits per heavy atom. The highest BCUT2D eigenvalue weighted by atomic mass is 19.1. The second-order valence-corrected chi connectivity index (χ2v) is 3.04. The third kappa shape index (κ3) is 1.61. The zero-order valence-electron chi connectivity index (χ0n) is 6.96. The van der Waals surface area contributed by atoms with Crippen LogP contribution in [0.3, 0.4) is 0 Å². The van der Waals surface area contributed by atoms with Crippen LogP contribution in [0.1, 0.15) is 20.3 Å². The number of hydrogen-bond acceptors (Lipinski definition) is 1. The average molecular weight is 153 g/mol. The van der Waals surface area contributed by atoms with E-state index in [0.717, 1.165) is 6.42 Å². The molecular weight excluding hydrogens is 141 g/mol. The molecule has 4 atom stereocenters. The minimum Gasteiger partial charge on any atom is -0.381 e. The molecule has 1 heterocycles. The molecule has 3 radical (unpaired) electrons. The van der Waals surface area contributed by atoms with Crippen molar-refractivity contribution in [3.8, 4) is 0 Å². The van der Waals surface area contributed by atoms with Crippen LogP contribution in [0, 0.1) is 5.92 Å². The first kappa shape index (κ1) is 9.11. The quantitative estimate of drug-likeness (QED) is 0.535. The first-order chi connectivity index (χ1) is 5.20. The van der Waals surface area contributed by atoms with Crippen molar-refractivity contribution in [1.82, 2.24) is 0 Å². The fourth-order valence-corrected chi connectivity index (χ4v) is 1.52. The molecule has 4 heteroatoms. The van der Waals surface area contributed by atoms with Gasteiger partial charge < -0.3 is 4.74 Å². The molecule has 0 aromatic carbocycles. The van der Waals surface area contributed by atoms with Crippen LogP contribution < -0.4 is 0 Å². The van der Waals surface area contributed by atoms with Gasteiger partial charge in [0.25, 0.3) is 0 Å². The molecule has 1 nitrogen and oxygen atoms in total. The molecular formula is C7H12B2FO. The normalized spacial score (nSPS) is 44.3. The van der Waals surface area contributed by atoms with Crippen LogP contribution in [0.5, 0.6) is 0 Å². The number of halogens is 1. The zero-order chi connectivity index (χ0) is 8.43. The fourth-order valence-electron chi connectivity index (χ4n) is 1.52.